The van der Waals surface area contributed by atoms with Gasteiger partial charge in [0.15, 0.2) is 11.5 Å². The monoisotopic (exact) mass is 405 g/mol. The first kappa shape index (κ1) is 19.2. The number of esters is 1. The van der Waals surface area contributed by atoms with Crippen molar-refractivity contribution < 1.29 is 19.0 Å². The fourth-order valence-electron chi connectivity index (χ4n) is 5.14. The minimum absolute atomic E-state index is 0.225. The van der Waals surface area contributed by atoms with Crippen LogP contribution in [-0.2, 0) is 17.8 Å². The zero-order chi connectivity index (χ0) is 20.8. The highest BCUT2D eigenvalue weighted by molar-refractivity contribution is 6.12. The van der Waals surface area contributed by atoms with Gasteiger partial charge in [-0.2, -0.15) is 0 Å². The number of carbonyl (C=O) groups excluding carboxylic acids is 1. The number of hydrogen-bond donors (Lipinski definition) is 0. The SMILES string of the molecule is CCC(=O)Oc1ccc2c3c(c4cc(OC)c(OC)cc4c2c1)CN1CCC[C@H]1C3. The van der Waals surface area contributed by atoms with Crippen molar-refractivity contribution in [3.8, 4) is 17.2 Å². The maximum Gasteiger partial charge on any atom is 0.310 e. The van der Waals surface area contributed by atoms with E-state index in [4.69, 9.17) is 14.2 Å². The Hall–Kier alpha value is -2.79. The molecule has 2 aliphatic heterocycles. The quantitative estimate of drug-likeness (QED) is 0.353. The maximum absolute atomic E-state index is 11.9. The van der Waals surface area contributed by atoms with Gasteiger partial charge in [0.25, 0.3) is 0 Å². The number of methoxy groups -OCH3 is 2. The Morgan fingerprint density at radius 3 is 2.47 bits per heavy atom. The minimum Gasteiger partial charge on any atom is -0.493 e. The minimum atomic E-state index is -0.225. The van der Waals surface area contributed by atoms with Crippen molar-refractivity contribution in [1.29, 1.82) is 0 Å². The van der Waals surface area contributed by atoms with Crippen LogP contribution in [0, 0.1) is 0 Å². The summed E-state index contributed by atoms with van der Waals surface area (Å²) in [7, 11) is 3.34. The molecular weight excluding hydrogens is 378 g/mol. The van der Waals surface area contributed by atoms with Crippen LogP contribution in [0.3, 0.4) is 0 Å². The van der Waals surface area contributed by atoms with Crippen LogP contribution in [0.5, 0.6) is 17.2 Å². The average molecular weight is 405 g/mol. The Morgan fingerprint density at radius 1 is 1.00 bits per heavy atom. The Balaban J connectivity index is 1.80. The molecule has 5 rings (SSSR count). The molecule has 1 fully saturated rings. The first-order valence-corrected chi connectivity index (χ1v) is 10.7. The van der Waals surface area contributed by atoms with Crippen molar-refractivity contribution >= 4 is 27.5 Å². The van der Waals surface area contributed by atoms with Gasteiger partial charge in [0, 0.05) is 19.0 Å². The Bertz CT molecular complexity index is 1150. The van der Waals surface area contributed by atoms with Gasteiger partial charge < -0.3 is 14.2 Å². The van der Waals surface area contributed by atoms with Crippen LogP contribution >= 0.6 is 0 Å². The first-order valence-electron chi connectivity index (χ1n) is 10.7. The summed E-state index contributed by atoms with van der Waals surface area (Å²) in [6.45, 7) is 3.94. The summed E-state index contributed by atoms with van der Waals surface area (Å²) in [5.41, 5.74) is 2.80. The van der Waals surface area contributed by atoms with Crippen LogP contribution in [-0.4, -0.2) is 37.7 Å². The molecule has 2 aliphatic rings. The van der Waals surface area contributed by atoms with Crippen LogP contribution in [0.4, 0.5) is 0 Å². The Morgan fingerprint density at radius 2 is 1.73 bits per heavy atom. The number of rotatable bonds is 4. The highest BCUT2D eigenvalue weighted by Crippen LogP contribution is 2.44. The molecule has 0 spiro atoms. The molecule has 0 amide bonds. The van der Waals surface area contributed by atoms with Gasteiger partial charge in [-0.1, -0.05) is 13.0 Å². The molecule has 0 bridgehead atoms. The Kier molecular flexibility index (Phi) is 4.78. The number of hydrogen-bond acceptors (Lipinski definition) is 5. The van der Waals surface area contributed by atoms with Crippen LogP contribution in [0.1, 0.15) is 37.3 Å². The molecule has 156 valence electrons. The maximum atomic E-state index is 11.9. The average Bonchev–Trinajstić information content (AvgIpc) is 3.24. The molecule has 0 radical (unpaired) electrons. The number of carbonyl (C=O) groups is 1. The topological polar surface area (TPSA) is 48.0 Å². The molecule has 2 heterocycles. The van der Waals surface area contributed by atoms with E-state index in [9.17, 15) is 4.79 Å². The first-order chi connectivity index (χ1) is 14.6. The largest absolute Gasteiger partial charge is 0.493 e. The van der Waals surface area contributed by atoms with Gasteiger partial charge in [-0.05, 0) is 82.7 Å². The van der Waals surface area contributed by atoms with E-state index in [2.05, 4.69) is 23.1 Å². The molecule has 0 saturated carbocycles. The lowest BCUT2D eigenvalue weighted by atomic mass is 9.85. The summed E-state index contributed by atoms with van der Waals surface area (Å²) in [5, 5.41) is 4.64. The molecule has 1 atom stereocenters. The van der Waals surface area contributed by atoms with Gasteiger partial charge in [-0.3, -0.25) is 9.69 Å². The van der Waals surface area contributed by atoms with E-state index >= 15 is 0 Å². The van der Waals surface area contributed by atoms with Crippen LogP contribution < -0.4 is 14.2 Å². The van der Waals surface area contributed by atoms with Crippen LogP contribution in [0.25, 0.3) is 21.5 Å². The molecule has 5 heteroatoms. The van der Waals surface area contributed by atoms with E-state index in [1.807, 2.05) is 12.1 Å². The van der Waals surface area contributed by atoms with E-state index in [1.54, 1.807) is 21.1 Å². The molecular formula is C25H27NO4. The number of ether oxygens (including phenoxy) is 3. The summed E-state index contributed by atoms with van der Waals surface area (Å²) in [6, 6.07) is 10.8. The molecule has 3 aromatic carbocycles. The van der Waals surface area contributed by atoms with Gasteiger partial charge in [0.05, 0.1) is 14.2 Å². The van der Waals surface area contributed by atoms with Gasteiger partial charge in [-0.25, -0.2) is 0 Å². The van der Waals surface area contributed by atoms with Crippen LogP contribution in [0.2, 0.25) is 0 Å². The highest BCUT2D eigenvalue weighted by atomic mass is 16.5. The van der Waals surface area contributed by atoms with Gasteiger partial charge >= 0.3 is 5.97 Å². The third-order valence-electron chi connectivity index (χ3n) is 6.64. The lowest BCUT2D eigenvalue weighted by Gasteiger charge is -2.33. The molecule has 1 saturated heterocycles. The van der Waals surface area contributed by atoms with E-state index in [0.717, 1.165) is 29.5 Å². The van der Waals surface area contributed by atoms with Crippen molar-refractivity contribution in [3.63, 3.8) is 0 Å². The lowest BCUT2D eigenvalue weighted by Crippen LogP contribution is -2.35. The second kappa shape index (κ2) is 7.47. The molecule has 0 N–H and O–H groups in total. The number of fused-ring (bicyclic) bond motifs is 7. The molecule has 0 aliphatic carbocycles. The van der Waals surface area contributed by atoms with E-state index < -0.39 is 0 Å². The highest BCUT2D eigenvalue weighted by Gasteiger charge is 2.32. The summed E-state index contributed by atoms with van der Waals surface area (Å²) in [5.74, 6) is 1.81. The third kappa shape index (κ3) is 3.00. The molecule has 0 unspecified atom stereocenters. The summed E-state index contributed by atoms with van der Waals surface area (Å²) < 4.78 is 16.7. The van der Waals surface area contributed by atoms with E-state index in [-0.39, 0.29) is 5.97 Å². The fourth-order valence-corrected chi connectivity index (χ4v) is 5.14. The van der Waals surface area contributed by atoms with Crippen molar-refractivity contribution in [1.82, 2.24) is 4.90 Å². The van der Waals surface area contributed by atoms with Gasteiger partial charge in [-0.15, -0.1) is 0 Å². The van der Waals surface area contributed by atoms with Gasteiger partial charge in [0.2, 0.25) is 0 Å². The lowest BCUT2D eigenvalue weighted by molar-refractivity contribution is -0.134. The molecule has 3 aromatic rings. The zero-order valence-electron chi connectivity index (χ0n) is 17.8. The normalized spacial score (nSPS) is 18.3. The van der Waals surface area contributed by atoms with Crippen molar-refractivity contribution in [2.45, 2.75) is 45.2 Å². The number of benzene rings is 3. The summed E-state index contributed by atoms with van der Waals surface area (Å²) in [6.07, 6.45) is 3.94. The molecule has 30 heavy (non-hydrogen) atoms. The predicted molar refractivity (Wildman–Crippen MR) is 118 cm³/mol. The van der Waals surface area contributed by atoms with Crippen molar-refractivity contribution in [3.05, 3.63) is 41.5 Å². The third-order valence-corrected chi connectivity index (χ3v) is 6.64. The van der Waals surface area contributed by atoms with E-state index in [1.165, 1.54) is 41.3 Å². The summed E-state index contributed by atoms with van der Waals surface area (Å²) in [4.78, 5) is 14.5. The van der Waals surface area contributed by atoms with Crippen LogP contribution in [0.15, 0.2) is 30.3 Å². The standard InChI is InChI=1S/C25H27NO4/c1-4-25(27)30-16-7-8-17-18-10-15-6-5-9-26(15)14-22(18)21-13-24(29-3)23(28-2)12-20(21)19(17)11-16/h7-8,11-13,15H,4-6,9-10,14H2,1-3H3/t15-/m0/s1. The van der Waals surface area contributed by atoms with E-state index in [0.29, 0.717) is 24.0 Å². The second-order valence-electron chi connectivity index (χ2n) is 8.22. The smallest absolute Gasteiger partial charge is 0.310 e. The van der Waals surface area contributed by atoms with Gasteiger partial charge in [0.1, 0.15) is 5.75 Å². The Labute approximate surface area is 176 Å². The fraction of sp³-hybridized carbons (Fsp3) is 0.400. The zero-order valence-corrected chi connectivity index (χ0v) is 17.8. The summed E-state index contributed by atoms with van der Waals surface area (Å²) >= 11 is 0. The molecule has 5 nitrogen and oxygen atoms in total. The van der Waals surface area contributed by atoms with Crippen molar-refractivity contribution in [2.24, 2.45) is 0 Å². The predicted octanol–water partition coefficient (Wildman–Crippen LogP) is 4.85. The molecule has 0 aromatic heterocycles. The second-order valence-corrected chi connectivity index (χ2v) is 8.22. The number of nitrogens with zero attached hydrogens (tertiary/aromatic N) is 1. The van der Waals surface area contributed by atoms with Crippen molar-refractivity contribution in [2.75, 3.05) is 20.8 Å².